The molecule has 0 saturated carbocycles. The summed E-state index contributed by atoms with van der Waals surface area (Å²) < 4.78 is 6.47. The minimum atomic E-state index is 0.528. The van der Waals surface area contributed by atoms with Crippen LogP contribution in [0.15, 0.2) is 28.7 Å². The van der Waals surface area contributed by atoms with Gasteiger partial charge in [-0.25, -0.2) is 0 Å². The molecule has 108 valence electrons. The molecule has 2 unspecified atom stereocenters. The molecule has 0 aliphatic rings. The molecule has 0 bridgehead atoms. The molecular weight excluding hydrogens is 302 g/mol. The summed E-state index contributed by atoms with van der Waals surface area (Å²) in [5.41, 5.74) is 1.38. The van der Waals surface area contributed by atoms with Gasteiger partial charge in [0.1, 0.15) is 0 Å². The highest BCUT2D eigenvalue weighted by molar-refractivity contribution is 9.10. The standard InChI is InChI=1S/C16H26BrNO/c1-12(2)18-10-15(13(3)11-19-4)8-14-6-5-7-16(17)9-14/h5-7,9,12-13,15,18H,8,10-11H2,1-4H3. The fourth-order valence-corrected chi connectivity index (χ4v) is 2.67. The van der Waals surface area contributed by atoms with Crippen LogP contribution < -0.4 is 5.32 Å². The first-order chi connectivity index (χ1) is 9.02. The first-order valence-electron chi connectivity index (χ1n) is 6.99. The van der Waals surface area contributed by atoms with E-state index in [1.807, 2.05) is 0 Å². The molecule has 0 heterocycles. The molecule has 2 nitrogen and oxygen atoms in total. The maximum absolute atomic E-state index is 5.32. The summed E-state index contributed by atoms with van der Waals surface area (Å²) in [5.74, 6) is 1.15. The van der Waals surface area contributed by atoms with Crippen LogP contribution in [-0.4, -0.2) is 26.3 Å². The molecule has 1 aromatic carbocycles. The Balaban J connectivity index is 2.67. The molecular formula is C16H26BrNO. The normalized spacial score (nSPS) is 14.6. The molecule has 3 heteroatoms. The molecule has 0 aliphatic carbocycles. The van der Waals surface area contributed by atoms with E-state index in [9.17, 15) is 0 Å². The Morgan fingerprint density at radius 2 is 2.00 bits per heavy atom. The van der Waals surface area contributed by atoms with Crippen molar-refractivity contribution in [3.63, 3.8) is 0 Å². The van der Waals surface area contributed by atoms with Crippen molar-refractivity contribution in [3.8, 4) is 0 Å². The van der Waals surface area contributed by atoms with Gasteiger partial charge in [0.2, 0.25) is 0 Å². The van der Waals surface area contributed by atoms with Gasteiger partial charge in [0.05, 0.1) is 0 Å². The molecule has 1 rings (SSSR count). The van der Waals surface area contributed by atoms with Gasteiger partial charge < -0.3 is 10.1 Å². The molecule has 0 amide bonds. The zero-order valence-electron chi connectivity index (χ0n) is 12.4. The third kappa shape index (κ3) is 6.55. The van der Waals surface area contributed by atoms with Crippen LogP contribution in [0.2, 0.25) is 0 Å². The maximum atomic E-state index is 5.32. The second-order valence-electron chi connectivity index (χ2n) is 5.59. The van der Waals surface area contributed by atoms with Crippen LogP contribution in [0.4, 0.5) is 0 Å². The lowest BCUT2D eigenvalue weighted by Crippen LogP contribution is -2.34. The first kappa shape index (κ1) is 16.7. The Morgan fingerprint density at radius 1 is 1.26 bits per heavy atom. The third-order valence-corrected chi connectivity index (χ3v) is 3.90. The topological polar surface area (TPSA) is 21.3 Å². The number of hydrogen-bond donors (Lipinski definition) is 1. The van der Waals surface area contributed by atoms with E-state index in [-0.39, 0.29) is 0 Å². The van der Waals surface area contributed by atoms with Crippen LogP contribution in [0.1, 0.15) is 26.3 Å². The molecule has 0 saturated heterocycles. The lowest BCUT2D eigenvalue weighted by Gasteiger charge is -2.25. The number of nitrogens with one attached hydrogen (secondary N) is 1. The van der Waals surface area contributed by atoms with Gasteiger partial charge in [-0.1, -0.05) is 48.8 Å². The summed E-state index contributed by atoms with van der Waals surface area (Å²) in [6.07, 6.45) is 1.09. The summed E-state index contributed by atoms with van der Waals surface area (Å²) in [6.45, 7) is 8.51. The Bertz CT molecular complexity index is 368. The quantitative estimate of drug-likeness (QED) is 0.782. The van der Waals surface area contributed by atoms with E-state index in [0.717, 1.165) is 24.0 Å². The van der Waals surface area contributed by atoms with Gasteiger partial charge in [0.15, 0.2) is 0 Å². The summed E-state index contributed by atoms with van der Waals surface area (Å²) in [7, 11) is 1.78. The van der Waals surface area contributed by atoms with Crippen molar-refractivity contribution >= 4 is 15.9 Å². The largest absolute Gasteiger partial charge is 0.384 e. The highest BCUT2D eigenvalue weighted by Crippen LogP contribution is 2.20. The van der Waals surface area contributed by atoms with Crippen molar-refractivity contribution in [3.05, 3.63) is 34.3 Å². The molecule has 0 radical (unpaired) electrons. The van der Waals surface area contributed by atoms with Gasteiger partial charge >= 0.3 is 0 Å². The number of methoxy groups -OCH3 is 1. The number of hydrogen-bond acceptors (Lipinski definition) is 2. The zero-order chi connectivity index (χ0) is 14.3. The molecule has 0 aliphatic heterocycles. The van der Waals surface area contributed by atoms with Crippen LogP contribution in [0.25, 0.3) is 0 Å². The zero-order valence-corrected chi connectivity index (χ0v) is 14.0. The number of ether oxygens (including phenoxy) is 1. The molecule has 2 atom stereocenters. The summed E-state index contributed by atoms with van der Waals surface area (Å²) in [5, 5.41) is 3.55. The Hall–Kier alpha value is -0.380. The van der Waals surface area contributed by atoms with E-state index in [2.05, 4.69) is 66.3 Å². The van der Waals surface area contributed by atoms with E-state index in [1.54, 1.807) is 7.11 Å². The molecule has 0 fully saturated rings. The fraction of sp³-hybridized carbons (Fsp3) is 0.625. The monoisotopic (exact) mass is 327 g/mol. The van der Waals surface area contributed by atoms with E-state index in [4.69, 9.17) is 4.74 Å². The van der Waals surface area contributed by atoms with Gasteiger partial charge in [0.25, 0.3) is 0 Å². The third-order valence-electron chi connectivity index (χ3n) is 3.41. The van der Waals surface area contributed by atoms with Gasteiger partial charge in [-0.3, -0.25) is 0 Å². The molecule has 0 aromatic heterocycles. The van der Waals surface area contributed by atoms with Crippen molar-refractivity contribution in [2.45, 2.75) is 33.2 Å². The summed E-state index contributed by atoms with van der Waals surface area (Å²) in [6, 6.07) is 9.12. The van der Waals surface area contributed by atoms with Crippen LogP contribution in [-0.2, 0) is 11.2 Å². The SMILES string of the molecule is COCC(C)C(CNC(C)C)Cc1cccc(Br)c1. The second kappa shape index (κ2) is 8.72. The second-order valence-corrected chi connectivity index (χ2v) is 6.51. The minimum absolute atomic E-state index is 0.528. The Labute approximate surface area is 126 Å². The van der Waals surface area contributed by atoms with Crippen LogP contribution >= 0.6 is 15.9 Å². The number of rotatable bonds is 8. The van der Waals surface area contributed by atoms with Crippen LogP contribution in [0.3, 0.4) is 0 Å². The van der Waals surface area contributed by atoms with E-state index in [1.165, 1.54) is 5.56 Å². The number of halogens is 1. The van der Waals surface area contributed by atoms with Crippen molar-refractivity contribution in [1.82, 2.24) is 5.32 Å². The molecule has 1 aromatic rings. The van der Waals surface area contributed by atoms with E-state index < -0.39 is 0 Å². The van der Waals surface area contributed by atoms with Gasteiger partial charge in [-0.2, -0.15) is 0 Å². The van der Waals surface area contributed by atoms with Crippen LogP contribution in [0.5, 0.6) is 0 Å². The highest BCUT2D eigenvalue weighted by Gasteiger charge is 2.18. The number of benzene rings is 1. The Morgan fingerprint density at radius 3 is 2.58 bits per heavy atom. The first-order valence-corrected chi connectivity index (χ1v) is 7.79. The highest BCUT2D eigenvalue weighted by atomic mass is 79.9. The minimum Gasteiger partial charge on any atom is -0.384 e. The van der Waals surface area contributed by atoms with Crippen molar-refractivity contribution in [2.24, 2.45) is 11.8 Å². The van der Waals surface area contributed by atoms with Gasteiger partial charge in [-0.15, -0.1) is 0 Å². The van der Waals surface area contributed by atoms with Crippen molar-refractivity contribution < 1.29 is 4.74 Å². The van der Waals surface area contributed by atoms with Gasteiger partial charge in [0, 0.05) is 24.2 Å². The van der Waals surface area contributed by atoms with E-state index in [0.29, 0.717) is 17.9 Å². The predicted octanol–water partition coefficient (Wildman–Crippen LogP) is 3.89. The van der Waals surface area contributed by atoms with E-state index >= 15 is 0 Å². The smallest absolute Gasteiger partial charge is 0.0491 e. The molecule has 0 spiro atoms. The van der Waals surface area contributed by atoms with Crippen molar-refractivity contribution in [1.29, 1.82) is 0 Å². The average molecular weight is 328 g/mol. The van der Waals surface area contributed by atoms with Crippen LogP contribution in [0, 0.1) is 11.8 Å². The fourth-order valence-electron chi connectivity index (χ4n) is 2.23. The molecule has 19 heavy (non-hydrogen) atoms. The van der Waals surface area contributed by atoms with Crippen molar-refractivity contribution in [2.75, 3.05) is 20.3 Å². The summed E-state index contributed by atoms with van der Waals surface area (Å²) in [4.78, 5) is 0. The summed E-state index contributed by atoms with van der Waals surface area (Å²) >= 11 is 3.54. The lowest BCUT2D eigenvalue weighted by molar-refractivity contribution is 0.127. The maximum Gasteiger partial charge on any atom is 0.0491 e. The average Bonchev–Trinajstić information content (AvgIpc) is 2.34. The lowest BCUT2D eigenvalue weighted by atomic mass is 9.88. The molecule has 1 N–H and O–H groups in total. The predicted molar refractivity (Wildman–Crippen MR) is 85.5 cm³/mol. The Kier molecular flexibility index (Phi) is 7.66. The van der Waals surface area contributed by atoms with Gasteiger partial charge in [-0.05, 0) is 42.5 Å².